The minimum absolute atomic E-state index is 0.354. The lowest BCUT2D eigenvalue weighted by Gasteiger charge is -2.24. The molecule has 170 valence electrons. The Morgan fingerprint density at radius 1 is 0.969 bits per heavy atom. The number of benzene rings is 1. The summed E-state index contributed by atoms with van der Waals surface area (Å²) in [6, 6.07) is 7.35. The first-order chi connectivity index (χ1) is 15.6. The number of rotatable bonds is 11. The molecule has 1 aliphatic rings. The van der Waals surface area contributed by atoms with E-state index in [4.69, 9.17) is 37.7 Å². The molecule has 1 aromatic heterocycles. The standard InChI is InChI=1S/C26H30Cl2N2O2/c1-4-14-30(15-5-2)20-17-21(27)26(22(28)18-20)32-24-13-12-23(31-16-6-3)25(29-24)19-10-8-7-9-11-19/h4-6,12-13,17-19H,1-3,7-11,14-16H2. The number of ether oxygens (including phenoxy) is 2. The maximum atomic E-state index is 6.57. The summed E-state index contributed by atoms with van der Waals surface area (Å²) in [6.45, 7) is 13.1. The summed E-state index contributed by atoms with van der Waals surface area (Å²) in [6.07, 6.45) is 11.2. The van der Waals surface area contributed by atoms with Crippen LogP contribution in [0.5, 0.6) is 17.4 Å². The zero-order valence-electron chi connectivity index (χ0n) is 18.4. The average Bonchev–Trinajstić information content (AvgIpc) is 2.80. The molecule has 0 amide bonds. The predicted octanol–water partition coefficient (Wildman–Crippen LogP) is 7.97. The van der Waals surface area contributed by atoms with Crippen molar-refractivity contribution in [1.82, 2.24) is 4.98 Å². The minimum atomic E-state index is 0.354. The number of aromatic nitrogens is 1. The first-order valence-corrected chi connectivity index (χ1v) is 11.7. The Hall–Kier alpha value is -2.43. The summed E-state index contributed by atoms with van der Waals surface area (Å²) < 4.78 is 11.9. The van der Waals surface area contributed by atoms with Crippen molar-refractivity contribution in [2.75, 3.05) is 24.6 Å². The van der Waals surface area contributed by atoms with Crippen LogP contribution in [-0.4, -0.2) is 24.7 Å². The summed E-state index contributed by atoms with van der Waals surface area (Å²) >= 11 is 13.1. The van der Waals surface area contributed by atoms with E-state index in [2.05, 4.69) is 24.6 Å². The minimum Gasteiger partial charge on any atom is -0.488 e. The molecule has 0 radical (unpaired) electrons. The van der Waals surface area contributed by atoms with Gasteiger partial charge in [-0.25, -0.2) is 4.98 Å². The van der Waals surface area contributed by atoms with Crippen LogP contribution in [-0.2, 0) is 0 Å². The number of halogens is 2. The van der Waals surface area contributed by atoms with Gasteiger partial charge in [-0.2, -0.15) is 0 Å². The third kappa shape index (κ3) is 6.08. The lowest BCUT2D eigenvalue weighted by molar-refractivity contribution is 0.340. The van der Waals surface area contributed by atoms with Crippen LogP contribution >= 0.6 is 23.2 Å². The quantitative estimate of drug-likeness (QED) is 0.310. The van der Waals surface area contributed by atoms with Crippen molar-refractivity contribution in [3.05, 3.63) is 78.0 Å². The van der Waals surface area contributed by atoms with Gasteiger partial charge in [-0.1, -0.05) is 67.3 Å². The van der Waals surface area contributed by atoms with E-state index < -0.39 is 0 Å². The Morgan fingerprint density at radius 2 is 1.62 bits per heavy atom. The van der Waals surface area contributed by atoms with Crippen molar-refractivity contribution in [1.29, 1.82) is 0 Å². The van der Waals surface area contributed by atoms with E-state index in [0.29, 0.717) is 47.3 Å². The van der Waals surface area contributed by atoms with E-state index in [1.165, 1.54) is 19.3 Å². The number of nitrogens with zero attached hydrogens (tertiary/aromatic N) is 2. The number of pyridine rings is 1. The molecule has 1 aromatic carbocycles. The van der Waals surface area contributed by atoms with Crippen LogP contribution in [0.15, 0.2) is 62.2 Å². The van der Waals surface area contributed by atoms with E-state index in [1.807, 2.05) is 30.4 Å². The molecule has 3 rings (SSSR count). The second kappa shape index (κ2) is 12.0. The van der Waals surface area contributed by atoms with Gasteiger partial charge in [0, 0.05) is 30.8 Å². The normalized spacial score (nSPS) is 13.9. The van der Waals surface area contributed by atoms with E-state index >= 15 is 0 Å². The molecule has 4 nitrogen and oxygen atoms in total. The molecule has 0 saturated heterocycles. The summed E-state index contributed by atoms with van der Waals surface area (Å²) in [5, 5.41) is 0.831. The maximum Gasteiger partial charge on any atom is 0.219 e. The molecular formula is C26H30Cl2N2O2. The molecule has 0 unspecified atom stereocenters. The van der Waals surface area contributed by atoms with E-state index in [-0.39, 0.29) is 0 Å². The van der Waals surface area contributed by atoms with Crippen LogP contribution in [0.3, 0.4) is 0 Å². The molecule has 6 heteroatoms. The molecule has 0 aliphatic heterocycles. The third-order valence-electron chi connectivity index (χ3n) is 5.46. The van der Waals surface area contributed by atoms with Crippen molar-refractivity contribution in [2.45, 2.75) is 38.0 Å². The van der Waals surface area contributed by atoms with Crippen molar-refractivity contribution < 1.29 is 9.47 Å². The molecule has 1 fully saturated rings. The highest BCUT2D eigenvalue weighted by Gasteiger charge is 2.22. The Kier molecular flexibility index (Phi) is 9.07. The fourth-order valence-electron chi connectivity index (χ4n) is 3.97. The van der Waals surface area contributed by atoms with E-state index in [1.54, 1.807) is 12.1 Å². The molecule has 0 bridgehead atoms. The highest BCUT2D eigenvalue weighted by molar-refractivity contribution is 6.37. The SMILES string of the molecule is C=CCOc1ccc(Oc2c(Cl)cc(N(CC=C)CC=C)cc2Cl)nc1C1CCCCC1. The largest absolute Gasteiger partial charge is 0.488 e. The van der Waals surface area contributed by atoms with Crippen LogP contribution < -0.4 is 14.4 Å². The highest BCUT2D eigenvalue weighted by atomic mass is 35.5. The van der Waals surface area contributed by atoms with Gasteiger partial charge in [0.1, 0.15) is 12.4 Å². The Balaban J connectivity index is 1.89. The summed E-state index contributed by atoms with van der Waals surface area (Å²) in [4.78, 5) is 6.87. The van der Waals surface area contributed by atoms with Gasteiger partial charge in [0.25, 0.3) is 0 Å². The number of hydrogen-bond donors (Lipinski definition) is 0. The Labute approximate surface area is 201 Å². The highest BCUT2D eigenvalue weighted by Crippen LogP contribution is 2.41. The Morgan fingerprint density at radius 3 is 2.22 bits per heavy atom. The number of anilines is 1. The van der Waals surface area contributed by atoms with E-state index in [9.17, 15) is 0 Å². The second-order valence-corrected chi connectivity index (χ2v) is 8.60. The molecular weight excluding hydrogens is 443 g/mol. The van der Waals surface area contributed by atoms with Crippen molar-refractivity contribution in [2.24, 2.45) is 0 Å². The van der Waals surface area contributed by atoms with Crippen LogP contribution in [0.2, 0.25) is 10.0 Å². The smallest absolute Gasteiger partial charge is 0.219 e. The molecule has 1 saturated carbocycles. The molecule has 0 spiro atoms. The van der Waals surface area contributed by atoms with Crippen molar-refractivity contribution >= 4 is 28.9 Å². The topological polar surface area (TPSA) is 34.6 Å². The molecule has 2 aromatic rings. The monoisotopic (exact) mass is 472 g/mol. The lowest BCUT2D eigenvalue weighted by atomic mass is 9.86. The zero-order chi connectivity index (χ0) is 22.9. The molecule has 1 aliphatic carbocycles. The summed E-state index contributed by atoms with van der Waals surface area (Å²) in [5.74, 6) is 1.96. The molecule has 0 N–H and O–H groups in total. The van der Waals surface area contributed by atoms with Gasteiger partial charge in [0.05, 0.1) is 15.7 Å². The van der Waals surface area contributed by atoms with Crippen LogP contribution in [0, 0.1) is 0 Å². The van der Waals surface area contributed by atoms with Crippen LogP contribution in [0.1, 0.15) is 43.7 Å². The van der Waals surface area contributed by atoms with E-state index in [0.717, 1.165) is 30.0 Å². The van der Waals surface area contributed by atoms with Gasteiger partial charge in [0.15, 0.2) is 5.75 Å². The second-order valence-electron chi connectivity index (χ2n) is 7.79. The van der Waals surface area contributed by atoms with Gasteiger partial charge < -0.3 is 14.4 Å². The van der Waals surface area contributed by atoms with Gasteiger partial charge in [0.2, 0.25) is 5.88 Å². The van der Waals surface area contributed by atoms with Gasteiger partial charge in [-0.05, 0) is 31.0 Å². The zero-order valence-corrected chi connectivity index (χ0v) is 19.9. The lowest BCUT2D eigenvalue weighted by Crippen LogP contribution is -2.23. The van der Waals surface area contributed by atoms with Crippen molar-refractivity contribution in [3.8, 4) is 17.4 Å². The van der Waals surface area contributed by atoms with Gasteiger partial charge in [-0.15, -0.1) is 13.2 Å². The molecule has 1 heterocycles. The van der Waals surface area contributed by atoms with Crippen molar-refractivity contribution in [3.63, 3.8) is 0 Å². The van der Waals surface area contributed by atoms with Crippen LogP contribution in [0.25, 0.3) is 0 Å². The molecule has 32 heavy (non-hydrogen) atoms. The molecule has 0 atom stereocenters. The average molecular weight is 473 g/mol. The Bertz CT molecular complexity index is 922. The first kappa shape index (κ1) is 24.2. The first-order valence-electron chi connectivity index (χ1n) is 11.0. The fraction of sp³-hybridized carbons (Fsp3) is 0.346. The summed E-state index contributed by atoms with van der Waals surface area (Å²) in [5.41, 5.74) is 1.80. The third-order valence-corrected chi connectivity index (χ3v) is 6.02. The number of hydrogen-bond acceptors (Lipinski definition) is 4. The van der Waals surface area contributed by atoms with Crippen LogP contribution in [0.4, 0.5) is 5.69 Å². The summed E-state index contributed by atoms with van der Waals surface area (Å²) in [7, 11) is 0. The van der Waals surface area contributed by atoms with Gasteiger partial charge in [-0.3, -0.25) is 0 Å². The fourth-order valence-corrected chi connectivity index (χ4v) is 4.52. The van der Waals surface area contributed by atoms with Gasteiger partial charge >= 0.3 is 0 Å². The maximum absolute atomic E-state index is 6.57. The predicted molar refractivity (Wildman–Crippen MR) is 135 cm³/mol.